The summed E-state index contributed by atoms with van der Waals surface area (Å²) < 4.78 is 14.7. The van der Waals surface area contributed by atoms with Gasteiger partial charge in [-0.05, 0) is 29.8 Å². The minimum Gasteiger partial charge on any atom is -0.500 e. The number of imide groups is 1. The normalized spacial score (nSPS) is 14.7. The van der Waals surface area contributed by atoms with Gasteiger partial charge >= 0.3 is 17.7 Å². The molecule has 1 aliphatic rings. The second-order valence-corrected chi connectivity index (χ2v) is 5.99. The number of rotatable bonds is 6. The molecule has 1 aromatic heterocycles. The molecule has 0 spiro atoms. The second kappa shape index (κ2) is 7.95. The fourth-order valence-corrected chi connectivity index (χ4v) is 2.70. The second-order valence-electron chi connectivity index (χ2n) is 5.99. The first-order chi connectivity index (χ1) is 14.2. The van der Waals surface area contributed by atoms with Crippen molar-refractivity contribution in [1.29, 1.82) is 0 Å². The first kappa shape index (κ1) is 20.4. The van der Waals surface area contributed by atoms with E-state index in [-0.39, 0.29) is 35.1 Å². The fourth-order valence-electron chi connectivity index (χ4n) is 2.70. The molecular formula is C18H15N3O9. The van der Waals surface area contributed by atoms with Crippen molar-refractivity contribution in [3.63, 3.8) is 0 Å². The molecule has 1 aliphatic heterocycles. The number of phenols is 1. The van der Waals surface area contributed by atoms with Crippen LogP contribution in [0.3, 0.4) is 0 Å². The highest BCUT2D eigenvalue weighted by molar-refractivity contribution is 6.13. The maximum Gasteiger partial charge on any atom is 0.373 e. The van der Waals surface area contributed by atoms with Crippen LogP contribution in [0.15, 0.2) is 34.4 Å². The van der Waals surface area contributed by atoms with Crippen LogP contribution in [0.25, 0.3) is 6.08 Å². The van der Waals surface area contributed by atoms with Gasteiger partial charge in [0.25, 0.3) is 5.91 Å². The largest absolute Gasteiger partial charge is 0.500 e. The lowest BCUT2D eigenvalue weighted by Gasteiger charge is -2.09. The Morgan fingerprint density at radius 3 is 2.70 bits per heavy atom. The van der Waals surface area contributed by atoms with Crippen LogP contribution in [0.2, 0.25) is 0 Å². The Morgan fingerprint density at radius 2 is 2.07 bits per heavy atom. The van der Waals surface area contributed by atoms with Gasteiger partial charge in [0.1, 0.15) is 11.5 Å². The van der Waals surface area contributed by atoms with Gasteiger partial charge in [-0.3, -0.25) is 19.8 Å². The zero-order valence-corrected chi connectivity index (χ0v) is 15.7. The standard InChI is InChI=1S/C18H15N3O9/c1-28-14-7-9(6-12(15(14)22)21(26)27)5-11-16(23)20(18(25)19-11)8-10-3-4-13(30-10)17(24)29-2/h3-7,22H,8H2,1-2H3,(H,19,25). The maximum atomic E-state index is 12.6. The first-order valence-corrected chi connectivity index (χ1v) is 8.32. The van der Waals surface area contributed by atoms with Gasteiger partial charge in [0.15, 0.2) is 5.75 Å². The summed E-state index contributed by atoms with van der Waals surface area (Å²) in [6.07, 6.45) is 1.21. The quantitative estimate of drug-likeness (QED) is 0.235. The number of nitrogens with one attached hydrogen (secondary N) is 1. The van der Waals surface area contributed by atoms with Crippen LogP contribution in [0.1, 0.15) is 21.9 Å². The van der Waals surface area contributed by atoms with Crippen LogP contribution in [0.5, 0.6) is 11.5 Å². The van der Waals surface area contributed by atoms with Crippen LogP contribution < -0.4 is 10.1 Å². The first-order valence-electron chi connectivity index (χ1n) is 8.32. The number of carbonyl (C=O) groups excluding carboxylic acids is 3. The molecule has 30 heavy (non-hydrogen) atoms. The number of phenolic OH excluding ortho intramolecular Hbond substituents is 1. The smallest absolute Gasteiger partial charge is 0.373 e. The van der Waals surface area contributed by atoms with Crippen molar-refractivity contribution >= 4 is 29.7 Å². The number of hydrogen-bond donors (Lipinski definition) is 2. The van der Waals surface area contributed by atoms with Gasteiger partial charge in [0, 0.05) is 6.07 Å². The number of ether oxygens (including phenoxy) is 2. The predicted octanol–water partition coefficient (Wildman–Crippen LogP) is 1.78. The van der Waals surface area contributed by atoms with E-state index in [1.165, 1.54) is 38.5 Å². The van der Waals surface area contributed by atoms with Crippen LogP contribution in [-0.2, 0) is 16.1 Å². The lowest BCUT2D eigenvalue weighted by atomic mass is 10.1. The van der Waals surface area contributed by atoms with E-state index in [4.69, 9.17) is 9.15 Å². The molecule has 0 saturated carbocycles. The molecule has 1 fully saturated rings. The summed E-state index contributed by atoms with van der Waals surface area (Å²) in [5, 5.41) is 23.3. The number of nitrogens with zero attached hydrogens (tertiary/aromatic N) is 2. The Morgan fingerprint density at radius 1 is 1.33 bits per heavy atom. The van der Waals surface area contributed by atoms with E-state index in [9.17, 15) is 29.6 Å². The highest BCUT2D eigenvalue weighted by Gasteiger charge is 2.34. The number of furan rings is 1. The summed E-state index contributed by atoms with van der Waals surface area (Å²) in [5.41, 5.74) is -0.629. The number of methoxy groups -OCH3 is 2. The Labute approximate surface area is 168 Å². The van der Waals surface area contributed by atoms with Gasteiger partial charge in [-0.15, -0.1) is 0 Å². The monoisotopic (exact) mass is 417 g/mol. The molecule has 3 rings (SSSR count). The molecule has 0 bridgehead atoms. The van der Waals surface area contributed by atoms with Crippen molar-refractivity contribution in [3.05, 3.63) is 57.2 Å². The molecule has 0 atom stereocenters. The van der Waals surface area contributed by atoms with Crippen LogP contribution in [0.4, 0.5) is 10.5 Å². The molecular weight excluding hydrogens is 402 g/mol. The number of hydrogen-bond acceptors (Lipinski definition) is 9. The van der Waals surface area contributed by atoms with E-state index >= 15 is 0 Å². The fraction of sp³-hybridized carbons (Fsp3) is 0.167. The number of urea groups is 1. The van der Waals surface area contributed by atoms with Crippen molar-refractivity contribution in [2.24, 2.45) is 0 Å². The third kappa shape index (κ3) is 3.78. The number of benzene rings is 1. The van der Waals surface area contributed by atoms with E-state index in [1.54, 1.807) is 0 Å². The summed E-state index contributed by atoms with van der Waals surface area (Å²) in [6.45, 7) is -0.252. The molecule has 2 heterocycles. The third-order valence-electron chi connectivity index (χ3n) is 4.13. The Kier molecular flexibility index (Phi) is 5.40. The summed E-state index contributed by atoms with van der Waals surface area (Å²) in [5.74, 6) is -2.17. The number of carbonyl (C=O) groups is 3. The van der Waals surface area contributed by atoms with Crippen molar-refractivity contribution < 1.29 is 38.3 Å². The van der Waals surface area contributed by atoms with E-state index in [1.807, 2.05) is 0 Å². The highest BCUT2D eigenvalue weighted by atomic mass is 16.6. The van der Waals surface area contributed by atoms with Crippen molar-refractivity contribution in [2.75, 3.05) is 14.2 Å². The number of amides is 3. The molecule has 1 aromatic carbocycles. The lowest BCUT2D eigenvalue weighted by Crippen LogP contribution is -2.30. The predicted molar refractivity (Wildman–Crippen MR) is 98.4 cm³/mol. The van der Waals surface area contributed by atoms with Gasteiger partial charge in [0.05, 0.1) is 25.7 Å². The summed E-state index contributed by atoms with van der Waals surface area (Å²) in [6, 6.07) is 4.32. The van der Waals surface area contributed by atoms with E-state index < -0.39 is 34.3 Å². The maximum absolute atomic E-state index is 12.6. The van der Waals surface area contributed by atoms with Crippen molar-refractivity contribution in [2.45, 2.75) is 6.54 Å². The highest BCUT2D eigenvalue weighted by Crippen LogP contribution is 2.37. The third-order valence-corrected chi connectivity index (χ3v) is 4.13. The lowest BCUT2D eigenvalue weighted by molar-refractivity contribution is -0.386. The van der Waals surface area contributed by atoms with Gasteiger partial charge in [-0.1, -0.05) is 0 Å². The van der Waals surface area contributed by atoms with E-state index in [0.29, 0.717) is 0 Å². The molecule has 1 saturated heterocycles. The van der Waals surface area contributed by atoms with Crippen molar-refractivity contribution in [1.82, 2.24) is 10.2 Å². The average molecular weight is 417 g/mol. The van der Waals surface area contributed by atoms with Gasteiger partial charge in [-0.2, -0.15) is 0 Å². The number of nitro groups is 1. The number of aromatic hydroxyl groups is 1. The Bertz CT molecular complexity index is 1090. The molecule has 0 radical (unpaired) electrons. The summed E-state index contributed by atoms with van der Waals surface area (Å²) in [7, 11) is 2.40. The van der Waals surface area contributed by atoms with Crippen LogP contribution in [0, 0.1) is 10.1 Å². The summed E-state index contributed by atoms with van der Waals surface area (Å²) >= 11 is 0. The molecule has 0 unspecified atom stereocenters. The zero-order valence-electron chi connectivity index (χ0n) is 15.7. The van der Waals surface area contributed by atoms with E-state index in [0.717, 1.165) is 11.0 Å². The van der Waals surface area contributed by atoms with Crippen molar-refractivity contribution in [3.8, 4) is 11.5 Å². The Hall–Kier alpha value is -4.35. The summed E-state index contributed by atoms with van der Waals surface area (Å²) in [4.78, 5) is 47.3. The minimum absolute atomic E-state index is 0.0844. The van der Waals surface area contributed by atoms with Crippen LogP contribution in [-0.4, -0.2) is 47.1 Å². The van der Waals surface area contributed by atoms with Gasteiger partial charge in [0.2, 0.25) is 11.5 Å². The molecule has 12 nitrogen and oxygen atoms in total. The average Bonchev–Trinajstić information content (AvgIpc) is 3.29. The molecule has 156 valence electrons. The van der Waals surface area contributed by atoms with Gasteiger partial charge in [-0.25, -0.2) is 9.59 Å². The molecule has 2 aromatic rings. The van der Waals surface area contributed by atoms with E-state index in [2.05, 4.69) is 10.1 Å². The zero-order chi connectivity index (χ0) is 22.0. The SMILES string of the molecule is COC(=O)c1ccc(CN2C(=O)NC(=Cc3cc(OC)c(O)c([N+](=O)[O-])c3)C2=O)o1. The number of esters is 1. The molecule has 0 aliphatic carbocycles. The number of nitro benzene ring substituents is 1. The van der Waals surface area contributed by atoms with Crippen LogP contribution >= 0.6 is 0 Å². The topological polar surface area (TPSA) is 161 Å². The molecule has 12 heteroatoms. The van der Waals surface area contributed by atoms with Gasteiger partial charge < -0.3 is 24.3 Å². The Balaban J connectivity index is 1.86. The molecule has 2 N–H and O–H groups in total. The molecule has 3 amide bonds. The minimum atomic E-state index is -0.809.